The van der Waals surface area contributed by atoms with Crippen LogP contribution in [0.4, 0.5) is 5.69 Å². The first kappa shape index (κ1) is 22.7. The SMILES string of the molecule is CCN1CCN(C(=O)[C@H](CN)NS(=O)(=O)c2cccc(N3CCCC3=O)c2C)CC1. The van der Waals surface area contributed by atoms with Crippen LogP contribution in [0.2, 0.25) is 0 Å². The molecule has 0 aromatic heterocycles. The van der Waals surface area contributed by atoms with E-state index in [0.717, 1.165) is 26.1 Å². The molecule has 2 saturated heterocycles. The molecule has 0 saturated carbocycles. The second-order valence-corrected chi connectivity index (χ2v) is 9.40. The van der Waals surface area contributed by atoms with Crippen LogP contribution in [-0.4, -0.2) is 81.9 Å². The number of nitrogens with zero attached hydrogens (tertiary/aromatic N) is 3. The Morgan fingerprint density at radius 2 is 1.90 bits per heavy atom. The number of likely N-dealkylation sites (N-methyl/N-ethyl adjacent to an activating group) is 1. The van der Waals surface area contributed by atoms with Crippen LogP contribution in [-0.2, 0) is 19.6 Å². The maximum Gasteiger partial charge on any atom is 0.242 e. The van der Waals surface area contributed by atoms with Gasteiger partial charge in [0.15, 0.2) is 0 Å². The van der Waals surface area contributed by atoms with Crippen molar-refractivity contribution in [3.63, 3.8) is 0 Å². The lowest BCUT2D eigenvalue weighted by molar-refractivity contribution is -0.134. The van der Waals surface area contributed by atoms with Gasteiger partial charge in [-0.15, -0.1) is 0 Å². The van der Waals surface area contributed by atoms with Crippen LogP contribution in [0.1, 0.15) is 25.3 Å². The largest absolute Gasteiger partial charge is 0.339 e. The number of nitrogens with one attached hydrogen (secondary N) is 1. The van der Waals surface area contributed by atoms with Crippen LogP contribution >= 0.6 is 0 Å². The Balaban J connectivity index is 1.78. The molecule has 0 spiro atoms. The van der Waals surface area contributed by atoms with Crippen LogP contribution in [0.3, 0.4) is 0 Å². The number of amides is 2. The van der Waals surface area contributed by atoms with Gasteiger partial charge in [-0.25, -0.2) is 8.42 Å². The van der Waals surface area contributed by atoms with E-state index in [2.05, 4.69) is 16.5 Å². The van der Waals surface area contributed by atoms with E-state index in [4.69, 9.17) is 5.73 Å². The maximum atomic E-state index is 13.1. The zero-order chi connectivity index (χ0) is 21.9. The van der Waals surface area contributed by atoms with Gasteiger partial charge in [-0.3, -0.25) is 9.59 Å². The monoisotopic (exact) mass is 437 g/mol. The summed E-state index contributed by atoms with van der Waals surface area (Å²) in [5.74, 6) is -0.317. The van der Waals surface area contributed by atoms with Crippen molar-refractivity contribution in [2.75, 3.05) is 50.7 Å². The molecule has 30 heavy (non-hydrogen) atoms. The number of carbonyl (C=O) groups is 2. The van der Waals surface area contributed by atoms with Crippen molar-refractivity contribution in [2.45, 2.75) is 37.6 Å². The van der Waals surface area contributed by atoms with Gasteiger partial charge < -0.3 is 20.4 Å². The molecule has 2 aliphatic heterocycles. The highest BCUT2D eigenvalue weighted by molar-refractivity contribution is 7.89. The molecule has 2 amide bonds. The normalized spacial score (nSPS) is 19.4. The third kappa shape index (κ3) is 4.66. The summed E-state index contributed by atoms with van der Waals surface area (Å²) in [5, 5.41) is 0. The Morgan fingerprint density at radius 1 is 1.20 bits per heavy atom. The number of benzene rings is 1. The van der Waals surface area contributed by atoms with E-state index in [0.29, 0.717) is 37.3 Å². The third-order valence-corrected chi connectivity index (χ3v) is 7.49. The number of rotatable bonds is 7. The van der Waals surface area contributed by atoms with Gasteiger partial charge >= 0.3 is 0 Å². The Bertz CT molecular complexity index is 896. The van der Waals surface area contributed by atoms with E-state index >= 15 is 0 Å². The van der Waals surface area contributed by atoms with Gasteiger partial charge in [-0.1, -0.05) is 13.0 Å². The minimum absolute atomic E-state index is 0.0122. The van der Waals surface area contributed by atoms with Crippen molar-refractivity contribution in [2.24, 2.45) is 5.73 Å². The standard InChI is InChI=1S/C20H31N5O4S/c1-3-23-10-12-24(13-11-23)20(27)16(14-21)22-30(28,29)18-7-4-6-17(15(18)2)25-9-5-8-19(25)26/h4,6-7,16,22H,3,5,8-14,21H2,1-2H3/t16-/m0/s1. The molecule has 2 aliphatic rings. The molecule has 10 heteroatoms. The summed E-state index contributed by atoms with van der Waals surface area (Å²) >= 11 is 0. The lowest BCUT2D eigenvalue weighted by atomic mass is 10.2. The molecule has 166 valence electrons. The second-order valence-electron chi connectivity index (χ2n) is 7.72. The molecule has 1 atom stereocenters. The van der Waals surface area contributed by atoms with E-state index in [1.54, 1.807) is 28.9 Å². The number of hydrogen-bond donors (Lipinski definition) is 2. The Labute approximate surface area is 178 Å². The summed E-state index contributed by atoms with van der Waals surface area (Å²) < 4.78 is 28.7. The van der Waals surface area contributed by atoms with E-state index < -0.39 is 16.1 Å². The molecular weight excluding hydrogens is 406 g/mol. The summed E-state index contributed by atoms with van der Waals surface area (Å²) in [6.07, 6.45) is 1.21. The Morgan fingerprint density at radius 3 is 2.47 bits per heavy atom. The minimum Gasteiger partial charge on any atom is -0.339 e. The van der Waals surface area contributed by atoms with E-state index in [-0.39, 0.29) is 23.3 Å². The summed E-state index contributed by atoms with van der Waals surface area (Å²) in [4.78, 5) is 30.6. The average molecular weight is 438 g/mol. The van der Waals surface area contributed by atoms with E-state index in [1.807, 2.05) is 0 Å². The molecule has 3 N–H and O–H groups in total. The van der Waals surface area contributed by atoms with E-state index in [1.165, 1.54) is 6.07 Å². The Kier molecular flexibility index (Phi) is 7.12. The molecular formula is C20H31N5O4S. The number of nitrogens with two attached hydrogens (primary N) is 1. The maximum absolute atomic E-state index is 13.1. The van der Waals surface area contributed by atoms with Gasteiger partial charge in [0.1, 0.15) is 6.04 Å². The second kappa shape index (κ2) is 9.42. The zero-order valence-corrected chi connectivity index (χ0v) is 18.5. The molecule has 0 bridgehead atoms. The third-order valence-electron chi connectivity index (χ3n) is 5.87. The van der Waals surface area contributed by atoms with Gasteiger partial charge in [0.2, 0.25) is 21.8 Å². The molecule has 2 heterocycles. The Hall–Kier alpha value is -2.01. The summed E-state index contributed by atoms with van der Waals surface area (Å²) in [5.41, 5.74) is 6.84. The lowest BCUT2D eigenvalue weighted by Crippen LogP contribution is -2.56. The molecule has 0 aliphatic carbocycles. The molecule has 9 nitrogen and oxygen atoms in total. The van der Waals surface area contributed by atoms with Gasteiger partial charge in [-0.2, -0.15) is 4.72 Å². The predicted octanol–water partition coefficient (Wildman–Crippen LogP) is -0.108. The first-order valence-corrected chi connectivity index (χ1v) is 11.9. The highest BCUT2D eigenvalue weighted by Gasteiger charge is 2.32. The highest BCUT2D eigenvalue weighted by Crippen LogP contribution is 2.29. The van der Waals surface area contributed by atoms with Gasteiger partial charge in [0.25, 0.3) is 0 Å². The van der Waals surface area contributed by atoms with Gasteiger partial charge in [0, 0.05) is 51.4 Å². The van der Waals surface area contributed by atoms with Gasteiger partial charge in [-0.05, 0) is 37.6 Å². The zero-order valence-electron chi connectivity index (χ0n) is 17.6. The van der Waals surface area contributed by atoms with Crippen molar-refractivity contribution in [1.29, 1.82) is 0 Å². The van der Waals surface area contributed by atoms with Crippen molar-refractivity contribution in [3.05, 3.63) is 23.8 Å². The first-order chi connectivity index (χ1) is 14.3. The molecule has 1 aromatic rings. The summed E-state index contributed by atoms with van der Waals surface area (Å²) in [7, 11) is -4.00. The quantitative estimate of drug-likeness (QED) is 0.615. The van der Waals surface area contributed by atoms with Crippen LogP contribution in [0.5, 0.6) is 0 Å². The van der Waals surface area contributed by atoms with Crippen LogP contribution < -0.4 is 15.4 Å². The molecule has 3 rings (SSSR count). The topological polar surface area (TPSA) is 116 Å². The first-order valence-electron chi connectivity index (χ1n) is 10.4. The van der Waals surface area contributed by atoms with Crippen LogP contribution in [0, 0.1) is 6.92 Å². The number of carbonyl (C=O) groups excluding carboxylic acids is 2. The van der Waals surface area contributed by atoms with Crippen LogP contribution in [0.15, 0.2) is 23.1 Å². The fourth-order valence-electron chi connectivity index (χ4n) is 4.04. The number of anilines is 1. The summed E-state index contributed by atoms with van der Waals surface area (Å²) in [6, 6.07) is 3.82. The van der Waals surface area contributed by atoms with Crippen molar-refractivity contribution < 1.29 is 18.0 Å². The number of hydrogen-bond acceptors (Lipinski definition) is 6. The van der Waals surface area contributed by atoms with Crippen molar-refractivity contribution in [3.8, 4) is 0 Å². The fraction of sp³-hybridized carbons (Fsp3) is 0.600. The van der Waals surface area contributed by atoms with Crippen molar-refractivity contribution in [1.82, 2.24) is 14.5 Å². The molecule has 2 fully saturated rings. The highest BCUT2D eigenvalue weighted by atomic mass is 32.2. The lowest BCUT2D eigenvalue weighted by Gasteiger charge is -2.35. The summed E-state index contributed by atoms with van der Waals surface area (Å²) in [6.45, 7) is 7.74. The van der Waals surface area contributed by atoms with Crippen molar-refractivity contribution >= 4 is 27.5 Å². The average Bonchev–Trinajstić information content (AvgIpc) is 3.17. The van der Waals surface area contributed by atoms with E-state index in [9.17, 15) is 18.0 Å². The fourth-order valence-corrected chi connectivity index (χ4v) is 5.51. The van der Waals surface area contributed by atoms with Gasteiger partial charge in [0.05, 0.1) is 4.90 Å². The molecule has 1 aromatic carbocycles. The smallest absolute Gasteiger partial charge is 0.242 e. The molecule has 0 unspecified atom stereocenters. The predicted molar refractivity (Wildman–Crippen MR) is 115 cm³/mol. The van der Waals surface area contributed by atoms with Crippen LogP contribution in [0.25, 0.3) is 0 Å². The number of sulfonamides is 1. The molecule has 0 radical (unpaired) electrons. The minimum atomic E-state index is -4.00. The number of piperazine rings is 1.